The second-order valence-electron chi connectivity index (χ2n) is 7.62. The average Bonchev–Trinajstić information content (AvgIpc) is 2.99. The van der Waals surface area contributed by atoms with Gasteiger partial charge >= 0.3 is 0 Å². The molecule has 0 spiro atoms. The van der Waals surface area contributed by atoms with Crippen molar-refractivity contribution in [1.82, 2.24) is 10.2 Å². The summed E-state index contributed by atoms with van der Waals surface area (Å²) in [6.45, 7) is 4.16. The number of fused-ring (bicyclic) bond motifs is 3. The molecule has 0 bridgehead atoms. The Morgan fingerprint density at radius 2 is 1.92 bits per heavy atom. The van der Waals surface area contributed by atoms with E-state index in [1.165, 1.54) is 19.3 Å². The predicted octanol–water partition coefficient (Wildman–Crippen LogP) is 3.48. The van der Waals surface area contributed by atoms with E-state index in [9.17, 15) is 9.59 Å². The smallest absolute Gasteiger partial charge is 0.256 e. The van der Waals surface area contributed by atoms with Crippen molar-refractivity contribution < 1.29 is 9.59 Å². The lowest BCUT2D eigenvalue weighted by Gasteiger charge is -2.32. The standard InChI is InChI=1S/C19H24N2O2S/c1-19(2)15(16(22)20-12-8-4-3-5-9-12)21-17(23)13-10-6-7-11-14(13)18(21)24-19/h6-7,10-12,15,18H,3-5,8-9H2,1-2H3,(H,20,22). The molecule has 1 aromatic rings. The van der Waals surface area contributed by atoms with Gasteiger partial charge in [-0.2, -0.15) is 0 Å². The van der Waals surface area contributed by atoms with Crippen LogP contribution in [0.15, 0.2) is 24.3 Å². The van der Waals surface area contributed by atoms with Crippen LogP contribution in [0.2, 0.25) is 0 Å². The van der Waals surface area contributed by atoms with Crippen molar-refractivity contribution in [3.05, 3.63) is 35.4 Å². The fraction of sp³-hybridized carbons (Fsp3) is 0.579. The molecule has 4 rings (SSSR count). The Morgan fingerprint density at radius 1 is 1.21 bits per heavy atom. The van der Waals surface area contributed by atoms with Gasteiger partial charge in [0.2, 0.25) is 5.91 Å². The minimum atomic E-state index is -0.408. The molecule has 0 radical (unpaired) electrons. The van der Waals surface area contributed by atoms with E-state index in [4.69, 9.17) is 0 Å². The van der Waals surface area contributed by atoms with Gasteiger partial charge in [0.1, 0.15) is 11.4 Å². The summed E-state index contributed by atoms with van der Waals surface area (Å²) in [6, 6.07) is 7.62. The number of hydrogen-bond donors (Lipinski definition) is 1. The molecule has 128 valence electrons. The highest BCUT2D eigenvalue weighted by Gasteiger charge is 2.57. The summed E-state index contributed by atoms with van der Waals surface area (Å²) in [5, 5.41) is 3.19. The molecule has 1 saturated carbocycles. The summed E-state index contributed by atoms with van der Waals surface area (Å²) in [4.78, 5) is 27.8. The van der Waals surface area contributed by atoms with Crippen LogP contribution in [0.3, 0.4) is 0 Å². The normalized spacial score (nSPS) is 28.6. The minimum absolute atomic E-state index is 0.00234. The van der Waals surface area contributed by atoms with E-state index in [1.807, 2.05) is 29.2 Å². The summed E-state index contributed by atoms with van der Waals surface area (Å²) < 4.78 is -0.285. The van der Waals surface area contributed by atoms with Gasteiger partial charge in [0.15, 0.2) is 0 Å². The van der Waals surface area contributed by atoms with Gasteiger partial charge in [0.05, 0.1) is 0 Å². The molecular formula is C19H24N2O2S. The van der Waals surface area contributed by atoms with Crippen LogP contribution in [-0.4, -0.2) is 33.5 Å². The van der Waals surface area contributed by atoms with Crippen molar-refractivity contribution in [3.63, 3.8) is 0 Å². The van der Waals surface area contributed by atoms with Crippen LogP contribution >= 0.6 is 11.8 Å². The van der Waals surface area contributed by atoms with Gasteiger partial charge in [-0.05, 0) is 38.3 Å². The molecule has 1 N–H and O–H groups in total. The van der Waals surface area contributed by atoms with Crippen LogP contribution in [0, 0.1) is 0 Å². The fourth-order valence-corrected chi connectivity index (χ4v) is 5.92. The van der Waals surface area contributed by atoms with Crippen molar-refractivity contribution >= 4 is 23.6 Å². The van der Waals surface area contributed by atoms with Gasteiger partial charge in [-0.15, -0.1) is 11.8 Å². The highest BCUT2D eigenvalue weighted by molar-refractivity contribution is 8.01. The van der Waals surface area contributed by atoms with Gasteiger partial charge in [-0.25, -0.2) is 0 Å². The lowest BCUT2D eigenvalue weighted by atomic mass is 9.94. The monoisotopic (exact) mass is 344 g/mol. The third kappa shape index (κ3) is 2.44. The van der Waals surface area contributed by atoms with Gasteiger partial charge in [-0.1, -0.05) is 37.5 Å². The van der Waals surface area contributed by atoms with Crippen molar-refractivity contribution in [2.45, 2.75) is 68.2 Å². The number of nitrogens with one attached hydrogen (secondary N) is 1. The first-order chi connectivity index (χ1) is 11.5. The third-order valence-electron chi connectivity index (χ3n) is 5.50. The number of carbonyl (C=O) groups excluding carboxylic acids is 2. The number of nitrogens with zero attached hydrogens (tertiary/aromatic N) is 1. The van der Waals surface area contributed by atoms with E-state index in [-0.39, 0.29) is 28.0 Å². The predicted molar refractivity (Wildman–Crippen MR) is 95.8 cm³/mol. The zero-order chi connectivity index (χ0) is 16.9. The highest BCUT2D eigenvalue weighted by atomic mass is 32.2. The molecule has 2 atom stereocenters. The molecule has 2 unspecified atom stereocenters. The van der Waals surface area contributed by atoms with E-state index >= 15 is 0 Å². The molecule has 1 aliphatic carbocycles. The Kier molecular flexibility index (Phi) is 3.87. The Balaban J connectivity index is 1.61. The molecule has 2 amide bonds. The van der Waals surface area contributed by atoms with E-state index in [0.29, 0.717) is 0 Å². The molecular weight excluding hydrogens is 320 g/mol. The molecule has 24 heavy (non-hydrogen) atoms. The number of thioether (sulfide) groups is 1. The average molecular weight is 344 g/mol. The van der Waals surface area contributed by atoms with Gasteiger partial charge in [0, 0.05) is 16.4 Å². The van der Waals surface area contributed by atoms with Crippen LogP contribution in [0.25, 0.3) is 0 Å². The van der Waals surface area contributed by atoms with Gasteiger partial charge in [0.25, 0.3) is 5.91 Å². The number of carbonyl (C=O) groups is 2. The molecule has 3 aliphatic rings. The topological polar surface area (TPSA) is 49.4 Å². The summed E-state index contributed by atoms with van der Waals surface area (Å²) >= 11 is 1.73. The lowest BCUT2D eigenvalue weighted by molar-refractivity contribution is -0.127. The molecule has 5 heteroatoms. The third-order valence-corrected chi connectivity index (χ3v) is 7.03. The summed E-state index contributed by atoms with van der Waals surface area (Å²) in [5.41, 5.74) is 1.80. The fourth-order valence-electron chi connectivity index (χ4n) is 4.33. The first kappa shape index (κ1) is 16.0. The zero-order valence-corrected chi connectivity index (χ0v) is 15.1. The molecule has 0 aromatic heterocycles. The van der Waals surface area contributed by atoms with Gasteiger partial charge in [-0.3, -0.25) is 9.59 Å². The maximum atomic E-state index is 13.1. The molecule has 2 heterocycles. The Hall–Kier alpha value is -1.49. The first-order valence-electron chi connectivity index (χ1n) is 8.89. The second kappa shape index (κ2) is 5.80. The van der Waals surface area contributed by atoms with Crippen LogP contribution in [0.1, 0.15) is 67.2 Å². The van der Waals surface area contributed by atoms with E-state index in [2.05, 4.69) is 19.2 Å². The second-order valence-corrected chi connectivity index (χ2v) is 9.35. The Bertz CT molecular complexity index is 682. The highest BCUT2D eigenvalue weighted by Crippen LogP contribution is 2.56. The van der Waals surface area contributed by atoms with Crippen LogP contribution < -0.4 is 5.32 Å². The summed E-state index contributed by atoms with van der Waals surface area (Å²) in [5.74, 6) is 0.0144. The van der Waals surface area contributed by atoms with Crippen molar-refractivity contribution in [2.75, 3.05) is 0 Å². The SMILES string of the molecule is CC1(C)SC2c3ccccc3C(=O)N2C1C(=O)NC1CCCCC1. The molecule has 4 nitrogen and oxygen atoms in total. The van der Waals surface area contributed by atoms with E-state index in [0.717, 1.165) is 24.0 Å². The van der Waals surface area contributed by atoms with E-state index in [1.54, 1.807) is 11.8 Å². The summed E-state index contributed by atoms with van der Waals surface area (Å²) in [6.07, 6.45) is 5.75. The Labute approximate surface area is 147 Å². The minimum Gasteiger partial charge on any atom is -0.352 e. The number of benzene rings is 1. The van der Waals surface area contributed by atoms with Gasteiger partial charge < -0.3 is 10.2 Å². The molecule has 2 aliphatic heterocycles. The molecule has 1 saturated heterocycles. The summed E-state index contributed by atoms with van der Waals surface area (Å²) in [7, 11) is 0. The van der Waals surface area contributed by atoms with Crippen molar-refractivity contribution in [2.24, 2.45) is 0 Å². The lowest BCUT2D eigenvalue weighted by Crippen LogP contribution is -2.54. The van der Waals surface area contributed by atoms with Crippen LogP contribution in [0.5, 0.6) is 0 Å². The van der Waals surface area contributed by atoms with Crippen LogP contribution in [-0.2, 0) is 4.79 Å². The number of amides is 2. The molecule has 1 aromatic carbocycles. The maximum absolute atomic E-state index is 13.1. The van der Waals surface area contributed by atoms with Crippen LogP contribution in [0.4, 0.5) is 0 Å². The number of rotatable bonds is 2. The first-order valence-corrected chi connectivity index (χ1v) is 9.77. The van der Waals surface area contributed by atoms with Crippen molar-refractivity contribution in [1.29, 1.82) is 0 Å². The quantitative estimate of drug-likeness (QED) is 0.893. The Morgan fingerprint density at radius 3 is 2.67 bits per heavy atom. The van der Waals surface area contributed by atoms with E-state index < -0.39 is 6.04 Å². The van der Waals surface area contributed by atoms with Crippen molar-refractivity contribution in [3.8, 4) is 0 Å². The maximum Gasteiger partial charge on any atom is 0.256 e. The largest absolute Gasteiger partial charge is 0.352 e. The molecule has 2 fully saturated rings. The zero-order valence-electron chi connectivity index (χ0n) is 14.2. The number of hydrogen-bond acceptors (Lipinski definition) is 3.